The second-order valence-corrected chi connectivity index (χ2v) is 8.25. The molecule has 0 spiro atoms. The lowest BCUT2D eigenvalue weighted by atomic mass is 10.00. The van der Waals surface area contributed by atoms with Crippen molar-refractivity contribution in [3.05, 3.63) is 53.6 Å². The van der Waals surface area contributed by atoms with Crippen LogP contribution in [0.1, 0.15) is 38.3 Å². The first-order chi connectivity index (χ1) is 15.9. The van der Waals surface area contributed by atoms with Gasteiger partial charge in [0, 0.05) is 13.1 Å². The monoisotopic (exact) mass is 457 g/mol. The number of ether oxygens (including phenoxy) is 3. The van der Waals surface area contributed by atoms with E-state index >= 15 is 0 Å². The van der Waals surface area contributed by atoms with E-state index in [2.05, 4.69) is 43.1 Å². The highest BCUT2D eigenvalue weighted by molar-refractivity contribution is 5.71. The zero-order valence-electron chi connectivity index (χ0n) is 20.4. The Morgan fingerprint density at radius 3 is 2.36 bits per heavy atom. The van der Waals surface area contributed by atoms with Crippen LogP contribution in [0.3, 0.4) is 0 Å². The Hall–Kier alpha value is -2.93. The van der Waals surface area contributed by atoms with E-state index in [0.29, 0.717) is 25.7 Å². The maximum atomic E-state index is 10.4. The van der Waals surface area contributed by atoms with Crippen LogP contribution in [-0.4, -0.2) is 50.9 Å². The highest BCUT2D eigenvalue weighted by Crippen LogP contribution is 2.31. The lowest BCUT2D eigenvalue weighted by Gasteiger charge is -2.24. The summed E-state index contributed by atoms with van der Waals surface area (Å²) in [5.74, 6) is 3.24. The number of hydrogen-bond acceptors (Lipinski definition) is 5. The maximum absolute atomic E-state index is 10.4. The average molecular weight is 458 g/mol. The minimum absolute atomic E-state index is 0.444. The van der Waals surface area contributed by atoms with Crippen molar-refractivity contribution in [1.82, 2.24) is 10.2 Å². The number of nitrogens with zero attached hydrogens (tertiary/aromatic N) is 1. The molecule has 1 aliphatic rings. The molecule has 2 aromatic rings. The lowest BCUT2D eigenvalue weighted by molar-refractivity contribution is 0.171. The molecule has 0 fully saturated rings. The number of benzene rings is 2. The van der Waals surface area contributed by atoms with E-state index in [4.69, 9.17) is 19.9 Å². The van der Waals surface area contributed by atoms with Crippen LogP contribution >= 0.6 is 0 Å². The molecule has 1 atom stereocenters. The molecule has 1 aliphatic heterocycles. The van der Waals surface area contributed by atoms with Crippen molar-refractivity contribution in [3.8, 4) is 17.2 Å². The summed E-state index contributed by atoms with van der Waals surface area (Å²) in [6, 6.07) is 13.2. The van der Waals surface area contributed by atoms with E-state index < -0.39 is 6.03 Å². The van der Waals surface area contributed by atoms with Gasteiger partial charge in [0.1, 0.15) is 19.0 Å². The molecule has 0 aliphatic carbocycles. The van der Waals surface area contributed by atoms with Gasteiger partial charge in [-0.1, -0.05) is 39.0 Å². The lowest BCUT2D eigenvalue weighted by Crippen LogP contribution is -2.30. The Morgan fingerprint density at radius 2 is 1.76 bits per heavy atom. The van der Waals surface area contributed by atoms with Gasteiger partial charge in [0.15, 0.2) is 11.5 Å². The molecule has 2 aromatic carbocycles. The quantitative estimate of drug-likeness (QED) is 0.558. The molecular weight excluding hydrogens is 418 g/mol. The Balaban J connectivity index is 0.000000257. The number of amides is 2. The number of primary amides is 1. The van der Waals surface area contributed by atoms with Crippen LogP contribution in [0.2, 0.25) is 0 Å². The van der Waals surface area contributed by atoms with E-state index in [1.54, 1.807) is 7.11 Å². The van der Waals surface area contributed by atoms with E-state index in [9.17, 15) is 4.79 Å². The number of urea groups is 1. The van der Waals surface area contributed by atoms with Crippen molar-refractivity contribution in [2.75, 3.05) is 40.0 Å². The van der Waals surface area contributed by atoms with Gasteiger partial charge in [0.2, 0.25) is 0 Å². The van der Waals surface area contributed by atoms with Gasteiger partial charge in [0.25, 0.3) is 0 Å². The summed E-state index contributed by atoms with van der Waals surface area (Å²) in [5, 5.41) is 2.50. The first-order valence-electron chi connectivity index (χ1n) is 11.7. The molecule has 0 bridgehead atoms. The van der Waals surface area contributed by atoms with Crippen molar-refractivity contribution < 1.29 is 19.0 Å². The fourth-order valence-electron chi connectivity index (χ4n) is 3.75. The average Bonchev–Trinajstić information content (AvgIpc) is 2.83. The van der Waals surface area contributed by atoms with Gasteiger partial charge < -0.3 is 30.2 Å². The third-order valence-electron chi connectivity index (χ3n) is 5.37. The molecule has 0 saturated heterocycles. The molecule has 3 rings (SSSR count). The Morgan fingerprint density at radius 1 is 1.09 bits per heavy atom. The summed E-state index contributed by atoms with van der Waals surface area (Å²) in [6.45, 7) is 12.1. The van der Waals surface area contributed by atoms with Crippen molar-refractivity contribution >= 4 is 6.03 Å². The topological polar surface area (TPSA) is 86.1 Å². The number of hydrogen-bond donors (Lipinski definition) is 2. The second-order valence-electron chi connectivity index (χ2n) is 8.25. The number of carbonyl (C=O) groups is 1. The van der Waals surface area contributed by atoms with Crippen molar-refractivity contribution in [2.24, 2.45) is 11.7 Å². The van der Waals surface area contributed by atoms with Crippen LogP contribution in [0.5, 0.6) is 17.2 Å². The summed E-state index contributed by atoms with van der Waals surface area (Å²) >= 11 is 0. The summed E-state index contributed by atoms with van der Waals surface area (Å²) in [7, 11) is 1.61. The third-order valence-corrected chi connectivity index (χ3v) is 5.37. The minimum Gasteiger partial charge on any atom is -0.497 e. The largest absolute Gasteiger partial charge is 0.497 e. The SMILES string of the molecule is CCCN(CC)CC(C)Cc1ccc2c(c1)OCCO2.COc1ccc(CNC(N)=O)cc1. The summed E-state index contributed by atoms with van der Waals surface area (Å²) in [6.07, 6.45) is 2.32. The zero-order valence-corrected chi connectivity index (χ0v) is 20.4. The molecule has 2 amide bonds. The van der Waals surface area contributed by atoms with Gasteiger partial charge in [-0.2, -0.15) is 0 Å². The predicted octanol–water partition coefficient (Wildman–Crippen LogP) is 4.23. The smallest absolute Gasteiger partial charge is 0.312 e. The van der Waals surface area contributed by atoms with Crippen LogP contribution in [0, 0.1) is 5.92 Å². The number of nitrogens with one attached hydrogen (secondary N) is 1. The van der Waals surface area contributed by atoms with Crippen molar-refractivity contribution in [1.29, 1.82) is 0 Å². The van der Waals surface area contributed by atoms with E-state index in [1.165, 1.54) is 25.1 Å². The minimum atomic E-state index is -0.518. The Kier molecular flexibility index (Phi) is 11.4. The normalized spacial score (nSPS) is 13.0. The number of rotatable bonds is 10. The predicted molar refractivity (Wildman–Crippen MR) is 132 cm³/mol. The molecule has 1 heterocycles. The van der Waals surface area contributed by atoms with E-state index in [0.717, 1.165) is 35.8 Å². The second kappa shape index (κ2) is 14.3. The summed E-state index contributed by atoms with van der Waals surface area (Å²) in [4.78, 5) is 12.9. The van der Waals surface area contributed by atoms with Crippen molar-refractivity contribution in [3.63, 3.8) is 0 Å². The molecule has 7 heteroatoms. The van der Waals surface area contributed by atoms with Crippen LogP contribution < -0.4 is 25.3 Å². The zero-order chi connectivity index (χ0) is 24.1. The molecule has 33 heavy (non-hydrogen) atoms. The number of fused-ring (bicyclic) bond motifs is 1. The van der Waals surface area contributed by atoms with Crippen LogP contribution in [0.25, 0.3) is 0 Å². The van der Waals surface area contributed by atoms with Gasteiger partial charge in [-0.15, -0.1) is 0 Å². The first-order valence-corrected chi connectivity index (χ1v) is 11.7. The number of methoxy groups -OCH3 is 1. The maximum Gasteiger partial charge on any atom is 0.312 e. The number of carbonyl (C=O) groups excluding carboxylic acids is 1. The molecule has 0 radical (unpaired) electrons. The van der Waals surface area contributed by atoms with Gasteiger partial charge >= 0.3 is 6.03 Å². The highest BCUT2D eigenvalue weighted by Gasteiger charge is 2.14. The van der Waals surface area contributed by atoms with Gasteiger partial charge in [0.05, 0.1) is 7.11 Å². The van der Waals surface area contributed by atoms with Gasteiger partial charge in [-0.25, -0.2) is 4.79 Å². The van der Waals surface area contributed by atoms with Crippen LogP contribution in [0.15, 0.2) is 42.5 Å². The first kappa shape index (κ1) is 26.3. The standard InChI is InChI=1S/C17H27NO2.C9H12N2O2/c1-4-8-18(5-2)13-14(3)11-15-6-7-16-17(12-15)20-10-9-19-16;1-13-8-4-2-7(3-5-8)6-11-9(10)12/h6-7,12,14H,4-5,8-11,13H2,1-3H3;2-5H,6H2,1H3,(H3,10,11,12). The van der Waals surface area contributed by atoms with E-state index in [-0.39, 0.29) is 0 Å². The van der Waals surface area contributed by atoms with Gasteiger partial charge in [-0.05, 0) is 67.2 Å². The van der Waals surface area contributed by atoms with Crippen LogP contribution in [-0.2, 0) is 13.0 Å². The molecule has 0 saturated carbocycles. The number of nitrogens with two attached hydrogens (primary N) is 1. The van der Waals surface area contributed by atoms with Crippen molar-refractivity contribution in [2.45, 2.75) is 40.2 Å². The Bertz CT molecular complexity index is 842. The summed E-state index contributed by atoms with van der Waals surface area (Å²) in [5.41, 5.74) is 7.25. The fraction of sp³-hybridized carbons (Fsp3) is 0.500. The Labute approximate surface area is 198 Å². The third kappa shape index (κ3) is 9.61. The van der Waals surface area contributed by atoms with Crippen LogP contribution in [0.4, 0.5) is 4.79 Å². The molecular formula is C26H39N3O4. The summed E-state index contributed by atoms with van der Waals surface area (Å²) < 4.78 is 16.2. The molecule has 1 unspecified atom stereocenters. The highest BCUT2D eigenvalue weighted by atomic mass is 16.6. The molecule has 7 nitrogen and oxygen atoms in total. The van der Waals surface area contributed by atoms with E-state index in [1.807, 2.05) is 30.3 Å². The fourth-order valence-corrected chi connectivity index (χ4v) is 3.75. The molecule has 0 aromatic heterocycles. The molecule has 3 N–H and O–H groups in total. The molecule has 182 valence electrons. The van der Waals surface area contributed by atoms with Gasteiger partial charge in [-0.3, -0.25) is 0 Å².